The van der Waals surface area contributed by atoms with E-state index in [9.17, 15) is 8.42 Å². The van der Waals surface area contributed by atoms with Gasteiger partial charge in [-0.3, -0.25) is 4.72 Å². The summed E-state index contributed by atoms with van der Waals surface area (Å²) >= 11 is 3.42. The molecule has 0 radical (unpaired) electrons. The Hall–Kier alpha value is -1.33. The highest BCUT2D eigenvalue weighted by Gasteiger charge is 2.17. The molecule has 0 unspecified atom stereocenters. The summed E-state index contributed by atoms with van der Waals surface area (Å²) in [6, 6.07) is 10.6. The van der Waals surface area contributed by atoms with Crippen LogP contribution in [0, 0.1) is 20.8 Å². The van der Waals surface area contributed by atoms with Gasteiger partial charge in [-0.1, -0.05) is 39.7 Å². The first-order valence-corrected chi connectivity index (χ1v) is 8.44. The smallest absolute Gasteiger partial charge is 0.261 e. The van der Waals surface area contributed by atoms with E-state index in [0.29, 0.717) is 5.69 Å². The average molecular weight is 354 g/mol. The van der Waals surface area contributed by atoms with Crippen LogP contribution in [0.1, 0.15) is 16.7 Å². The van der Waals surface area contributed by atoms with E-state index in [1.165, 1.54) is 0 Å². The van der Waals surface area contributed by atoms with Gasteiger partial charge in [-0.2, -0.15) is 0 Å². The molecule has 0 bridgehead atoms. The van der Waals surface area contributed by atoms with Crippen molar-refractivity contribution in [2.24, 2.45) is 0 Å². The van der Waals surface area contributed by atoms with Crippen LogP contribution >= 0.6 is 15.9 Å². The topological polar surface area (TPSA) is 46.2 Å². The Morgan fingerprint density at radius 3 is 2.15 bits per heavy atom. The summed E-state index contributed by atoms with van der Waals surface area (Å²) in [5.74, 6) is 0. The highest BCUT2D eigenvalue weighted by atomic mass is 79.9. The number of aryl methyl sites for hydroxylation is 2. The molecule has 0 spiro atoms. The predicted molar refractivity (Wildman–Crippen MR) is 85.6 cm³/mol. The molecule has 2 rings (SSSR count). The van der Waals surface area contributed by atoms with Gasteiger partial charge in [0.25, 0.3) is 10.0 Å². The van der Waals surface area contributed by atoms with Crippen molar-refractivity contribution in [3.8, 4) is 0 Å². The second-order valence-corrected chi connectivity index (χ2v) is 7.32. The first-order chi connectivity index (χ1) is 9.31. The third kappa shape index (κ3) is 3.04. The van der Waals surface area contributed by atoms with Crippen LogP contribution in [-0.4, -0.2) is 8.42 Å². The largest absolute Gasteiger partial charge is 0.279 e. The fraction of sp³-hybridized carbons (Fsp3) is 0.200. The molecule has 2 aromatic carbocycles. The minimum absolute atomic E-state index is 0.266. The maximum Gasteiger partial charge on any atom is 0.261 e. The van der Waals surface area contributed by atoms with Gasteiger partial charge in [-0.25, -0.2) is 8.42 Å². The summed E-state index contributed by atoms with van der Waals surface area (Å²) in [4.78, 5) is 0.266. The van der Waals surface area contributed by atoms with Crippen LogP contribution in [0.3, 0.4) is 0 Å². The van der Waals surface area contributed by atoms with Crippen molar-refractivity contribution in [2.75, 3.05) is 4.72 Å². The molecule has 0 aliphatic rings. The quantitative estimate of drug-likeness (QED) is 0.899. The van der Waals surface area contributed by atoms with E-state index in [1.807, 2.05) is 32.9 Å². The van der Waals surface area contributed by atoms with Gasteiger partial charge in [0.2, 0.25) is 0 Å². The molecular formula is C15H16BrNO2S. The van der Waals surface area contributed by atoms with Gasteiger partial charge in [0.05, 0.1) is 10.6 Å². The fourth-order valence-corrected chi connectivity index (χ4v) is 3.41. The first kappa shape index (κ1) is 15.1. The Labute approximate surface area is 128 Å². The van der Waals surface area contributed by atoms with Crippen LogP contribution < -0.4 is 4.72 Å². The highest BCUT2D eigenvalue weighted by molar-refractivity contribution is 9.10. The highest BCUT2D eigenvalue weighted by Crippen LogP contribution is 2.29. The van der Waals surface area contributed by atoms with Gasteiger partial charge >= 0.3 is 0 Å². The molecule has 106 valence electrons. The number of sulfonamides is 1. The number of hydrogen-bond donors (Lipinski definition) is 1. The molecule has 5 heteroatoms. The van der Waals surface area contributed by atoms with E-state index in [1.54, 1.807) is 24.3 Å². The molecule has 0 saturated carbocycles. The standard InChI is InChI=1S/C15H16BrNO2S/c1-10-4-7-13(8-5-10)20(18,19)17-15-11(2)6-9-14(16)12(15)3/h4-9,17H,1-3H3. The summed E-state index contributed by atoms with van der Waals surface area (Å²) in [6.07, 6.45) is 0. The number of rotatable bonds is 3. The normalized spacial score (nSPS) is 11.4. The van der Waals surface area contributed by atoms with Crippen molar-refractivity contribution in [3.63, 3.8) is 0 Å². The third-order valence-electron chi connectivity index (χ3n) is 3.17. The van der Waals surface area contributed by atoms with Crippen LogP contribution in [0.5, 0.6) is 0 Å². The summed E-state index contributed by atoms with van der Waals surface area (Å²) < 4.78 is 28.4. The zero-order chi connectivity index (χ0) is 14.9. The molecule has 0 saturated heterocycles. The number of hydrogen-bond acceptors (Lipinski definition) is 2. The Kier molecular flexibility index (Phi) is 4.20. The van der Waals surface area contributed by atoms with Crippen LogP contribution in [-0.2, 0) is 10.0 Å². The molecule has 0 heterocycles. The number of nitrogens with one attached hydrogen (secondary N) is 1. The Morgan fingerprint density at radius 2 is 1.55 bits per heavy atom. The van der Waals surface area contributed by atoms with Gasteiger partial charge < -0.3 is 0 Å². The summed E-state index contributed by atoms with van der Waals surface area (Å²) in [5.41, 5.74) is 3.42. The summed E-state index contributed by atoms with van der Waals surface area (Å²) in [5, 5.41) is 0. The molecule has 2 aromatic rings. The Bertz CT molecular complexity index is 737. The average Bonchev–Trinajstić information content (AvgIpc) is 2.40. The molecule has 20 heavy (non-hydrogen) atoms. The van der Waals surface area contributed by atoms with Crippen molar-refractivity contribution in [2.45, 2.75) is 25.7 Å². The van der Waals surface area contributed by atoms with Gasteiger partial charge in [-0.15, -0.1) is 0 Å². The second kappa shape index (κ2) is 5.58. The molecule has 0 amide bonds. The molecule has 0 aromatic heterocycles. The van der Waals surface area contributed by atoms with E-state index < -0.39 is 10.0 Å². The second-order valence-electron chi connectivity index (χ2n) is 4.78. The molecular weight excluding hydrogens is 338 g/mol. The maximum atomic E-state index is 12.4. The Balaban J connectivity index is 2.43. The Morgan fingerprint density at radius 1 is 0.950 bits per heavy atom. The van der Waals surface area contributed by atoms with Crippen LogP contribution in [0.2, 0.25) is 0 Å². The molecule has 3 nitrogen and oxygen atoms in total. The van der Waals surface area contributed by atoms with Gasteiger partial charge in [0, 0.05) is 4.47 Å². The van der Waals surface area contributed by atoms with Gasteiger partial charge in [0.15, 0.2) is 0 Å². The van der Waals surface area contributed by atoms with Crippen molar-refractivity contribution < 1.29 is 8.42 Å². The molecule has 0 fully saturated rings. The van der Waals surface area contributed by atoms with E-state index in [4.69, 9.17) is 0 Å². The molecule has 0 aliphatic heterocycles. The first-order valence-electron chi connectivity index (χ1n) is 6.16. The van der Waals surface area contributed by atoms with Crippen molar-refractivity contribution in [3.05, 3.63) is 57.6 Å². The zero-order valence-corrected chi connectivity index (χ0v) is 14.0. The monoisotopic (exact) mass is 353 g/mol. The van der Waals surface area contributed by atoms with E-state index in [0.717, 1.165) is 21.2 Å². The summed E-state index contributed by atoms with van der Waals surface area (Å²) in [7, 11) is -3.56. The minimum Gasteiger partial charge on any atom is -0.279 e. The predicted octanol–water partition coefficient (Wildman–Crippen LogP) is 4.18. The lowest BCUT2D eigenvalue weighted by atomic mass is 10.1. The SMILES string of the molecule is Cc1ccc(S(=O)(=O)Nc2c(C)ccc(Br)c2C)cc1. The molecule has 0 atom stereocenters. The number of anilines is 1. The van der Waals surface area contributed by atoms with Gasteiger partial charge in [-0.05, 0) is 50.1 Å². The van der Waals surface area contributed by atoms with Crippen LogP contribution in [0.15, 0.2) is 45.8 Å². The van der Waals surface area contributed by atoms with Crippen LogP contribution in [0.4, 0.5) is 5.69 Å². The summed E-state index contributed by atoms with van der Waals surface area (Å²) in [6.45, 7) is 5.68. The molecule has 0 aliphatic carbocycles. The van der Waals surface area contributed by atoms with Gasteiger partial charge in [0.1, 0.15) is 0 Å². The lowest BCUT2D eigenvalue weighted by Gasteiger charge is -2.14. The number of halogens is 1. The number of benzene rings is 2. The minimum atomic E-state index is -3.56. The van der Waals surface area contributed by atoms with Crippen LogP contribution in [0.25, 0.3) is 0 Å². The van der Waals surface area contributed by atoms with Crippen molar-refractivity contribution in [1.82, 2.24) is 0 Å². The lowest BCUT2D eigenvalue weighted by Crippen LogP contribution is -2.14. The maximum absolute atomic E-state index is 12.4. The third-order valence-corrected chi connectivity index (χ3v) is 5.40. The lowest BCUT2D eigenvalue weighted by molar-refractivity contribution is 0.601. The molecule has 1 N–H and O–H groups in total. The van der Waals surface area contributed by atoms with Crippen molar-refractivity contribution in [1.29, 1.82) is 0 Å². The van der Waals surface area contributed by atoms with E-state index in [-0.39, 0.29) is 4.90 Å². The van der Waals surface area contributed by atoms with E-state index in [2.05, 4.69) is 20.7 Å². The zero-order valence-electron chi connectivity index (χ0n) is 11.6. The van der Waals surface area contributed by atoms with Crippen molar-refractivity contribution >= 4 is 31.6 Å². The fourth-order valence-electron chi connectivity index (χ4n) is 1.89. The van der Waals surface area contributed by atoms with E-state index >= 15 is 0 Å².